The fourth-order valence-corrected chi connectivity index (χ4v) is 3.03. The molecule has 0 aromatic rings. The van der Waals surface area contributed by atoms with Crippen molar-refractivity contribution < 1.29 is 0 Å². The van der Waals surface area contributed by atoms with Crippen molar-refractivity contribution >= 4 is 0 Å². The Morgan fingerprint density at radius 3 is 2.13 bits per heavy atom. The quantitative estimate of drug-likeness (QED) is 0.748. The Kier molecular flexibility index (Phi) is 4.64. The van der Waals surface area contributed by atoms with Gasteiger partial charge in [-0.1, -0.05) is 46.5 Å². The van der Waals surface area contributed by atoms with Crippen LogP contribution in [-0.4, -0.2) is 5.54 Å². The van der Waals surface area contributed by atoms with Gasteiger partial charge in [0.25, 0.3) is 0 Å². The van der Waals surface area contributed by atoms with Crippen LogP contribution in [0.25, 0.3) is 0 Å². The van der Waals surface area contributed by atoms with E-state index in [1.165, 1.54) is 38.5 Å². The second-order valence-electron chi connectivity index (χ2n) is 5.80. The predicted molar refractivity (Wildman–Crippen MR) is 67.8 cm³/mol. The molecular formula is C14H29N. The maximum absolute atomic E-state index is 6.53. The zero-order valence-electron chi connectivity index (χ0n) is 11.1. The van der Waals surface area contributed by atoms with Crippen LogP contribution in [0.15, 0.2) is 0 Å². The van der Waals surface area contributed by atoms with E-state index in [1.54, 1.807) is 0 Å². The number of hydrogen-bond acceptors (Lipinski definition) is 1. The van der Waals surface area contributed by atoms with Gasteiger partial charge in [-0.25, -0.2) is 0 Å². The van der Waals surface area contributed by atoms with E-state index < -0.39 is 0 Å². The van der Waals surface area contributed by atoms with Crippen molar-refractivity contribution in [2.75, 3.05) is 0 Å². The molecule has 1 aliphatic carbocycles. The molecule has 0 saturated heterocycles. The van der Waals surface area contributed by atoms with E-state index >= 15 is 0 Å². The van der Waals surface area contributed by atoms with Crippen LogP contribution in [0.2, 0.25) is 0 Å². The average molecular weight is 211 g/mol. The summed E-state index contributed by atoms with van der Waals surface area (Å²) >= 11 is 0. The zero-order chi connectivity index (χ0) is 11.5. The van der Waals surface area contributed by atoms with Gasteiger partial charge in [0, 0.05) is 5.54 Å². The van der Waals surface area contributed by atoms with Gasteiger partial charge in [-0.2, -0.15) is 0 Å². The zero-order valence-corrected chi connectivity index (χ0v) is 11.1. The highest BCUT2D eigenvalue weighted by molar-refractivity contribution is 4.93. The molecule has 1 rings (SSSR count). The lowest BCUT2D eigenvalue weighted by molar-refractivity contribution is 0.134. The largest absolute Gasteiger partial charge is 0.325 e. The van der Waals surface area contributed by atoms with Crippen LogP contribution in [0.4, 0.5) is 0 Å². The standard InChI is InChI=1S/C14H29N/c1-5-11(3)14(4,15)13-9-7-12(6-2)8-10-13/h11-13H,5-10,15H2,1-4H3. The first-order valence-corrected chi connectivity index (χ1v) is 6.81. The summed E-state index contributed by atoms with van der Waals surface area (Å²) in [7, 11) is 0. The second kappa shape index (κ2) is 5.34. The van der Waals surface area contributed by atoms with Gasteiger partial charge >= 0.3 is 0 Å². The molecule has 90 valence electrons. The molecular weight excluding hydrogens is 182 g/mol. The summed E-state index contributed by atoms with van der Waals surface area (Å²) in [4.78, 5) is 0. The molecule has 1 aliphatic rings. The minimum atomic E-state index is 0.0630. The van der Waals surface area contributed by atoms with Gasteiger partial charge in [-0.3, -0.25) is 0 Å². The van der Waals surface area contributed by atoms with Gasteiger partial charge in [0.2, 0.25) is 0 Å². The Morgan fingerprint density at radius 2 is 1.73 bits per heavy atom. The third-order valence-corrected chi connectivity index (χ3v) is 4.98. The van der Waals surface area contributed by atoms with E-state index in [0.29, 0.717) is 5.92 Å². The summed E-state index contributed by atoms with van der Waals surface area (Å²) in [6.45, 7) is 9.17. The van der Waals surface area contributed by atoms with E-state index in [4.69, 9.17) is 5.73 Å². The van der Waals surface area contributed by atoms with E-state index in [9.17, 15) is 0 Å². The number of nitrogens with two attached hydrogens (primary N) is 1. The SMILES string of the molecule is CCC1CCC(C(C)(N)C(C)CC)CC1. The third kappa shape index (κ3) is 2.96. The molecule has 0 bridgehead atoms. The van der Waals surface area contributed by atoms with Gasteiger partial charge in [0.05, 0.1) is 0 Å². The highest BCUT2D eigenvalue weighted by atomic mass is 14.8. The lowest BCUT2D eigenvalue weighted by atomic mass is 9.67. The van der Waals surface area contributed by atoms with Crippen molar-refractivity contribution in [2.24, 2.45) is 23.5 Å². The number of rotatable bonds is 4. The fraction of sp³-hybridized carbons (Fsp3) is 1.00. The first-order chi connectivity index (χ1) is 7.02. The summed E-state index contributed by atoms with van der Waals surface area (Å²) in [5.41, 5.74) is 6.60. The lowest BCUT2D eigenvalue weighted by Crippen LogP contribution is -2.50. The summed E-state index contributed by atoms with van der Waals surface area (Å²) in [6, 6.07) is 0. The fourth-order valence-electron chi connectivity index (χ4n) is 3.03. The molecule has 0 radical (unpaired) electrons. The number of hydrogen-bond donors (Lipinski definition) is 1. The molecule has 0 aromatic heterocycles. The summed E-state index contributed by atoms with van der Waals surface area (Å²) < 4.78 is 0. The Balaban J connectivity index is 2.51. The van der Waals surface area contributed by atoms with Crippen LogP contribution in [0.3, 0.4) is 0 Å². The first-order valence-electron chi connectivity index (χ1n) is 6.81. The molecule has 15 heavy (non-hydrogen) atoms. The van der Waals surface area contributed by atoms with E-state index in [0.717, 1.165) is 11.8 Å². The normalized spacial score (nSPS) is 33.4. The van der Waals surface area contributed by atoms with E-state index in [1.807, 2.05) is 0 Å². The van der Waals surface area contributed by atoms with Crippen molar-refractivity contribution in [1.82, 2.24) is 0 Å². The van der Waals surface area contributed by atoms with Crippen LogP contribution in [0.1, 0.15) is 66.2 Å². The smallest absolute Gasteiger partial charge is 0.0180 e. The molecule has 2 atom stereocenters. The van der Waals surface area contributed by atoms with E-state index in [-0.39, 0.29) is 5.54 Å². The molecule has 0 aromatic carbocycles. The Hall–Kier alpha value is -0.0400. The maximum atomic E-state index is 6.53. The highest BCUT2D eigenvalue weighted by Crippen LogP contribution is 2.39. The Labute approximate surface area is 95.8 Å². The van der Waals surface area contributed by atoms with Crippen LogP contribution in [-0.2, 0) is 0 Å². The van der Waals surface area contributed by atoms with Crippen LogP contribution in [0, 0.1) is 17.8 Å². The van der Waals surface area contributed by atoms with Crippen molar-refractivity contribution in [1.29, 1.82) is 0 Å². The van der Waals surface area contributed by atoms with E-state index in [2.05, 4.69) is 27.7 Å². The molecule has 1 fully saturated rings. The van der Waals surface area contributed by atoms with Crippen molar-refractivity contribution in [3.8, 4) is 0 Å². The van der Waals surface area contributed by atoms with Crippen LogP contribution < -0.4 is 5.73 Å². The minimum Gasteiger partial charge on any atom is -0.325 e. The maximum Gasteiger partial charge on any atom is 0.0180 e. The second-order valence-corrected chi connectivity index (χ2v) is 5.80. The molecule has 1 saturated carbocycles. The average Bonchev–Trinajstić information content (AvgIpc) is 2.28. The van der Waals surface area contributed by atoms with Crippen LogP contribution in [0.5, 0.6) is 0 Å². The summed E-state index contributed by atoms with van der Waals surface area (Å²) in [5.74, 6) is 2.39. The van der Waals surface area contributed by atoms with Crippen molar-refractivity contribution in [2.45, 2.75) is 71.8 Å². The third-order valence-electron chi connectivity index (χ3n) is 4.98. The lowest BCUT2D eigenvalue weighted by Gasteiger charge is -2.42. The van der Waals surface area contributed by atoms with Gasteiger partial charge < -0.3 is 5.73 Å². The Bertz CT molecular complexity index is 178. The molecule has 2 unspecified atom stereocenters. The molecule has 0 heterocycles. The topological polar surface area (TPSA) is 26.0 Å². The van der Waals surface area contributed by atoms with Crippen molar-refractivity contribution in [3.05, 3.63) is 0 Å². The monoisotopic (exact) mass is 211 g/mol. The van der Waals surface area contributed by atoms with Gasteiger partial charge in [0.15, 0.2) is 0 Å². The molecule has 1 heteroatoms. The van der Waals surface area contributed by atoms with Crippen molar-refractivity contribution in [3.63, 3.8) is 0 Å². The minimum absolute atomic E-state index is 0.0630. The van der Waals surface area contributed by atoms with Gasteiger partial charge in [-0.15, -0.1) is 0 Å². The summed E-state index contributed by atoms with van der Waals surface area (Å²) in [5, 5.41) is 0. The first kappa shape index (κ1) is 13.0. The highest BCUT2D eigenvalue weighted by Gasteiger charge is 2.36. The van der Waals surface area contributed by atoms with Crippen LogP contribution >= 0.6 is 0 Å². The molecule has 0 amide bonds. The Morgan fingerprint density at radius 1 is 1.20 bits per heavy atom. The predicted octanol–water partition coefficient (Wildman–Crippen LogP) is 3.97. The van der Waals surface area contributed by atoms with Gasteiger partial charge in [-0.05, 0) is 37.5 Å². The molecule has 0 aliphatic heterocycles. The summed E-state index contributed by atoms with van der Waals surface area (Å²) in [6.07, 6.45) is 8.10. The molecule has 0 spiro atoms. The van der Waals surface area contributed by atoms with Gasteiger partial charge in [0.1, 0.15) is 0 Å². The molecule has 1 nitrogen and oxygen atoms in total. The molecule has 2 N–H and O–H groups in total.